The summed E-state index contributed by atoms with van der Waals surface area (Å²) < 4.78 is 0. The quantitative estimate of drug-likeness (QED) is 0.871. The number of amides is 1. The van der Waals surface area contributed by atoms with Gasteiger partial charge in [-0.05, 0) is 43.3 Å². The number of hydrogen-bond acceptors (Lipinski definition) is 3. The molecule has 2 heterocycles. The topological polar surface area (TPSA) is 32.3 Å². The van der Waals surface area contributed by atoms with Gasteiger partial charge in [0.05, 0.1) is 4.88 Å². The predicted molar refractivity (Wildman–Crippen MR) is 66.9 cm³/mol. The Morgan fingerprint density at radius 3 is 3.19 bits per heavy atom. The maximum Gasteiger partial charge on any atom is 0.263 e. The molecule has 1 aromatic heterocycles. The Kier molecular flexibility index (Phi) is 3.96. The summed E-state index contributed by atoms with van der Waals surface area (Å²) in [6.07, 6.45) is 2.46. The molecule has 0 radical (unpaired) electrons. The van der Waals surface area contributed by atoms with Crippen LogP contribution < -0.4 is 5.32 Å². The number of piperidine rings is 1. The fourth-order valence-corrected chi connectivity index (χ4v) is 2.86. The second-order valence-electron chi connectivity index (χ2n) is 4.38. The van der Waals surface area contributed by atoms with Gasteiger partial charge in [-0.3, -0.25) is 4.79 Å². The molecule has 0 saturated carbocycles. The van der Waals surface area contributed by atoms with E-state index in [1.165, 1.54) is 24.2 Å². The highest BCUT2D eigenvalue weighted by Gasteiger charge is 2.19. The van der Waals surface area contributed by atoms with Gasteiger partial charge in [-0.2, -0.15) is 0 Å². The third kappa shape index (κ3) is 2.83. The number of carbonyl (C=O) groups excluding carboxylic acids is 1. The van der Waals surface area contributed by atoms with Crippen LogP contribution in [0.2, 0.25) is 0 Å². The Morgan fingerprint density at radius 2 is 2.56 bits per heavy atom. The Bertz CT molecular complexity index is 331. The molecule has 88 valence electrons. The number of thiophene rings is 1. The highest BCUT2D eigenvalue weighted by Crippen LogP contribution is 2.15. The monoisotopic (exact) mass is 238 g/mol. The lowest BCUT2D eigenvalue weighted by molar-refractivity contribution is 0.0769. The molecule has 1 amide bonds. The minimum Gasteiger partial charge on any atom is -0.341 e. The van der Waals surface area contributed by atoms with Gasteiger partial charge in [0.25, 0.3) is 5.91 Å². The van der Waals surface area contributed by atoms with Crippen molar-refractivity contribution in [3.63, 3.8) is 0 Å². The van der Waals surface area contributed by atoms with E-state index in [1.54, 1.807) is 0 Å². The molecular weight excluding hydrogens is 220 g/mol. The number of nitrogens with one attached hydrogen (secondary N) is 1. The van der Waals surface area contributed by atoms with Crippen molar-refractivity contribution in [1.82, 2.24) is 10.2 Å². The van der Waals surface area contributed by atoms with Crippen LogP contribution in [0.4, 0.5) is 0 Å². The Balaban J connectivity index is 1.87. The van der Waals surface area contributed by atoms with Crippen molar-refractivity contribution < 1.29 is 4.79 Å². The predicted octanol–water partition coefficient (Wildman–Crippen LogP) is 1.82. The second kappa shape index (κ2) is 5.46. The molecule has 2 rings (SSSR count). The van der Waals surface area contributed by atoms with E-state index < -0.39 is 0 Å². The number of nitrogens with zero attached hydrogens (tertiary/aromatic N) is 1. The molecular formula is C12H18N2OS. The molecule has 1 N–H and O–H groups in total. The van der Waals surface area contributed by atoms with Crippen molar-refractivity contribution in [2.45, 2.75) is 12.8 Å². The fourth-order valence-electron chi connectivity index (χ4n) is 2.14. The molecule has 1 atom stereocenters. The van der Waals surface area contributed by atoms with E-state index in [0.29, 0.717) is 5.92 Å². The van der Waals surface area contributed by atoms with Crippen LogP contribution >= 0.6 is 11.3 Å². The zero-order valence-electron chi connectivity index (χ0n) is 9.61. The zero-order valence-corrected chi connectivity index (χ0v) is 10.4. The highest BCUT2D eigenvalue weighted by atomic mass is 32.1. The fraction of sp³-hybridized carbons (Fsp3) is 0.583. The number of rotatable bonds is 3. The number of hydrogen-bond donors (Lipinski definition) is 1. The first-order valence-electron chi connectivity index (χ1n) is 5.77. The minimum absolute atomic E-state index is 0.153. The Labute approximate surface area is 100 Å². The molecule has 0 aliphatic carbocycles. The molecule has 16 heavy (non-hydrogen) atoms. The summed E-state index contributed by atoms with van der Waals surface area (Å²) >= 11 is 1.51. The SMILES string of the molecule is CN(CC1CCCNC1)C(=O)c1cccs1. The van der Waals surface area contributed by atoms with Gasteiger partial charge in [0, 0.05) is 13.6 Å². The van der Waals surface area contributed by atoms with E-state index in [9.17, 15) is 4.79 Å². The average Bonchev–Trinajstić information content (AvgIpc) is 2.83. The zero-order chi connectivity index (χ0) is 11.4. The summed E-state index contributed by atoms with van der Waals surface area (Å²) in [6, 6.07) is 3.82. The summed E-state index contributed by atoms with van der Waals surface area (Å²) in [4.78, 5) is 14.7. The minimum atomic E-state index is 0.153. The molecule has 3 nitrogen and oxygen atoms in total. The molecule has 1 aromatic rings. The van der Waals surface area contributed by atoms with Gasteiger partial charge in [0.2, 0.25) is 0 Å². The van der Waals surface area contributed by atoms with Crippen molar-refractivity contribution in [1.29, 1.82) is 0 Å². The van der Waals surface area contributed by atoms with E-state index in [1.807, 2.05) is 29.5 Å². The lowest BCUT2D eigenvalue weighted by atomic mass is 9.99. The van der Waals surface area contributed by atoms with E-state index >= 15 is 0 Å². The van der Waals surface area contributed by atoms with Gasteiger partial charge in [-0.1, -0.05) is 6.07 Å². The van der Waals surface area contributed by atoms with E-state index in [0.717, 1.165) is 24.5 Å². The highest BCUT2D eigenvalue weighted by molar-refractivity contribution is 7.12. The lowest BCUT2D eigenvalue weighted by Gasteiger charge is -2.27. The molecule has 0 spiro atoms. The maximum atomic E-state index is 12.0. The van der Waals surface area contributed by atoms with Crippen molar-refractivity contribution in [3.8, 4) is 0 Å². The van der Waals surface area contributed by atoms with Crippen LogP contribution in [0.1, 0.15) is 22.5 Å². The summed E-state index contributed by atoms with van der Waals surface area (Å²) in [5.41, 5.74) is 0. The van der Waals surface area contributed by atoms with Gasteiger partial charge < -0.3 is 10.2 Å². The van der Waals surface area contributed by atoms with E-state index in [4.69, 9.17) is 0 Å². The average molecular weight is 238 g/mol. The van der Waals surface area contributed by atoms with Crippen molar-refractivity contribution >= 4 is 17.2 Å². The molecule has 0 aromatic carbocycles. The third-order valence-corrected chi connectivity index (χ3v) is 3.87. The summed E-state index contributed by atoms with van der Waals surface area (Å²) in [7, 11) is 1.90. The summed E-state index contributed by atoms with van der Waals surface area (Å²) in [6.45, 7) is 3.03. The van der Waals surface area contributed by atoms with Crippen LogP contribution in [0.3, 0.4) is 0 Å². The molecule has 4 heteroatoms. The first kappa shape index (κ1) is 11.6. The van der Waals surface area contributed by atoms with Crippen LogP contribution in [0.25, 0.3) is 0 Å². The third-order valence-electron chi connectivity index (χ3n) is 3.01. The lowest BCUT2D eigenvalue weighted by Crippen LogP contribution is -2.38. The van der Waals surface area contributed by atoms with Crippen LogP contribution in [0, 0.1) is 5.92 Å². The van der Waals surface area contributed by atoms with Gasteiger partial charge in [0.15, 0.2) is 0 Å². The molecule has 1 saturated heterocycles. The molecule has 1 aliphatic heterocycles. The molecule has 0 bridgehead atoms. The number of carbonyl (C=O) groups is 1. The molecule has 1 aliphatic rings. The van der Waals surface area contributed by atoms with E-state index in [-0.39, 0.29) is 5.91 Å². The van der Waals surface area contributed by atoms with Crippen LogP contribution in [0.5, 0.6) is 0 Å². The van der Waals surface area contributed by atoms with Crippen LogP contribution in [-0.4, -0.2) is 37.5 Å². The Hall–Kier alpha value is -0.870. The van der Waals surface area contributed by atoms with Crippen LogP contribution in [0.15, 0.2) is 17.5 Å². The largest absolute Gasteiger partial charge is 0.341 e. The summed E-state index contributed by atoms with van der Waals surface area (Å²) in [5.74, 6) is 0.767. The first-order valence-corrected chi connectivity index (χ1v) is 6.65. The normalized spacial score (nSPS) is 20.7. The van der Waals surface area contributed by atoms with Gasteiger partial charge in [0.1, 0.15) is 0 Å². The van der Waals surface area contributed by atoms with Gasteiger partial charge >= 0.3 is 0 Å². The van der Waals surface area contributed by atoms with Crippen LogP contribution in [-0.2, 0) is 0 Å². The van der Waals surface area contributed by atoms with Gasteiger partial charge in [-0.15, -0.1) is 11.3 Å². The second-order valence-corrected chi connectivity index (χ2v) is 5.32. The van der Waals surface area contributed by atoms with Crippen molar-refractivity contribution in [2.24, 2.45) is 5.92 Å². The summed E-state index contributed by atoms with van der Waals surface area (Å²) in [5, 5.41) is 5.33. The molecule has 1 unspecified atom stereocenters. The Morgan fingerprint density at radius 1 is 1.69 bits per heavy atom. The van der Waals surface area contributed by atoms with Gasteiger partial charge in [-0.25, -0.2) is 0 Å². The van der Waals surface area contributed by atoms with Crippen molar-refractivity contribution in [2.75, 3.05) is 26.7 Å². The van der Waals surface area contributed by atoms with Crippen molar-refractivity contribution in [3.05, 3.63) is 22.4 Å². The van der Waals surface area contributed by atoms with E-state index in [2.05, 4.69) is 5.32 Å². The molecule has 1 fully saturated rings. The smallest absolute Gasteiger partial charge is 0.263 e. The maximum absolute atomic E-state index is 12.0. The standard InChI is InChI=1S/C12H18N2OS/c1-14(9-10-4-2-6-13-8-10)12(15)11-5-3-7-16-11/h3,5,7,10,13H,2,4,6,8-9H2,1H3. The first-order chi connectivity index (χ1) is 7.77.